The summed E-state index contributed by atoms with van der Waals surface area (Å²) in [5.74, 6) is 4.05. The van der Waals surface area contributed by atoms with Gasteiger partial charge in [-0.2, -0.15) is 0 Å². The van der Waals surface area contributed by atoms with Crippen molar-refractivity contribution in [2.75, 3.05) is 0 Å². The highest BCUT2D eigenvalue weighted by atomic mass is 19.2. The fraction of sp³-hybridized carbons (Fsp3) is 0.158. The lowest BCUT2D eigenvalue weighted by atomic mass is 10.1. The van der Waals surface area contributed by atoms with E-state index >= 15 is 0 Å². The summed E-state index contributed by atoms with van der Waals surface area (Å²) in [7, 11) is 0. The Morgan fingerprint density at radius 1 is 0.905 bits per heavy atom. The van der Waals surface area contributed by atoms with Crippen molar-refractivity contribution in [3.8, 4) is 11.8 Å². The monoisotopic (exact) mass is 282 g/mol. The molecular weight excluding hydrogens is 266 g/mol. The van der Waals surface area contributed by atoms with Crippen molar-refractivity contribution < 1.29 is 8.78 Å². The van der Waals surface area contributed by atoms with Gasteiger partial charge in [0, 0.05) is 11.1 Å². The Labute approximate surface area is 124 Å². The zero-order chi connectivity index (χ0) is 15.1. The molecule has 2 rings (SSSR count). The van der Waals surface area contributed by atoms with E-state index in [1.165, 1.54) is 11.6 Å². The van der Waals surface area contributed by atoms with Crippen LogP contribution >= 0.6 is 0 Å². The predicted octanol–water partition coefficient (Wildman–Crippen LogP) is 4.87. The number of aryl methyl sites for hydroxylation is 1. The second kappa shape index (κ2) is 7.40. The average Bonchev–Trinajstić information content (AvgIpc) is 2.50. The first-order valence-electron chi connectivity index (χ1n) is 6.86. The standard InChI is InChI=1S/C19H16F2/c1-2-3-4-5-15-6-8-16(9-7-15)10-11-17-12-13-18(20)19(21)14-17/h2,6-9,12-14H,1,3-5H2. The van der Waals surface area contributed by atoms with Gasteiger partial charge < -0.3 is 0 Å². The number of allylic oxidation sites excluding steroid dienone is 1. The molecule has 2 aromatic rings. The van der Waals surface area contributed by atoms with E-state index < -0.39 is 11.6 Å². The summed E-state index contributed by atoms with van der Waals surface area (Å²) in [5, 5.41) is 0. The third-order valence-corrected chi connectivity index (χ3v) is 3.10. The van der Waals surface area contributed by atoms with Crippen LogP contribution < -0.4 is 0 Å². The Morgan fingerprint density at radius 2 is 1.57 bits per heavy atom. The Bertz CT molecular complexity index is 673. The Hall–Kier alpha value is -2.40. The Morgan fingerprint density at radius 3 is 2.24 bits per heavy atom. The highest BCUT2D eigenvalue weighted by Crippen LogP contribution is 2.09. The van der Waals surface area contributed by atoms with Gasteiger partial charge in [-0.1, -0.05) is 30.0 Å². The molecule has 0 amide bonds. The van der Waals surface area contributed by atoms with Gasteiger partial charge in [-0.25, -0.2) is 8.78 Å². The molecule has 21 heavy (non-hydrogen) atoms. The van der Waals surface area contributed by atoms with Crippen molar-refractivity contribution in [3.05, 3.63) is 83.4 Å². The molecule has 106 valence electrons. The molecule has 0 heterocycles. The summed E-state index contributed by atoms with van der Waals surface area (Å²) in [5.41, 5.74) is 2.58. The first-order valence-corrected chi connectivity index (χ1v) is 6.86. The van der Waals surface area contributed by atoms with Crippen molar-refractivity contribution in [3.63, 3.8) is 0 Å². The van der Waals surface area contributed by atoms with Crippen molar-refractivity contribution in [2.45, 2.75) is 19.3 Å². The van der Waals surface area contributed by atoms with Crippen LogP contribution in [0.25, 0.3) is 0 Å². The van der Waals surface area contributed by atoms with Gasteiger partial charge >= 0.3 is 0 Å². The van der Waals surface area contributed by atoms with Crippen molar-refractivity contribution >= 4 is 0 Å². The SMILES string of the molecule is C=CCCCc1ccc(C#Cc2ccc(F)c(F)c2)cc1. The molecule has 0 spiro atoms. The van der Waals surface area contributed by atoms with Gasteiger partial charge in [0.1, 0.15) is 0 Å². The fourth-order valence-corrected chi connectivity index (χ4v) is 1.92. The summed E-state index contributed by atoms with van der Waals surface area (Å²) in [4.78, 5) is 0. The molecule has 0 aliphatic carbocycles. The lowest BCUT2D eigenvalue weighted by Gasteiger charge is -1.99. The van der Waals surface area contributed by atoms with E-state index in [1.807, 2.05) is 30.3 Å². The average molecular weight is 282 g/mol. The normalized spacial score (nSPS) is 9.81. The van der Waals surface area contributed by atoms with Gasteiger partial charge in [-0.05, 0) is 55.2 Å². The topological polar surface area (TPSA) is 0 Å². The smallest absolute Gasteiger partial charge is 0.160 e. The van der Waals surface area contributed by atoms with Crippen LogP contribution in [0.15, 0.2) is 55.1 Å². The minimum Gasteiger partial charge on any atom is -0.204 e. The van der Waals surface area contributed by atoms with E-state index in [1.54, 1.807) is 0 Å². The van der Waals surface area contributed by atoms with Crippen LogP contribution in [-0.2, 0) is 6.42 Å². The van der Waals surface area contributed by atoms with Gasteiger partial charge in [-0.15, -0.1) is 6.58 Å². The van der Waals surface area contributed by atoms with E-state index in [4.69, 9.17) is 0 Å². The maximum atomic E-state index is 13.1. The molecule has 0 saturated heterocycles. The second-order valence-corrected chi connectivity index (χ2v) is 4.76. The molecule has 0 aromatic heterocycles. The second-order valence-electron chi connectivity index (χ2n) is 4.76. The minimum absolute atomic E-state index is 0.462. The first kappa shape index (κ1) is 15.0. The van der Waals surface area contributed by atoms with Crippen LogP contribution in [0.5, 0.6) is 0 Å². The van der Waals surface area contributed by atoms with Crippen LogP contribution in [0, 0.1) is 23.5 Å². The summed E-state index contributed by atoms with van der Waals surface area (Å²) < 4.78 is 25.9. The van der Waals surface area contributed by atoms with Crippen LogP contribution in [0.2, 0.25) is 0 Å². The molecule has 2 aromatic carbocycles. The lowest BCUT2D eigenvalue weighted by Crippen LogP contribution is -1.86. The zero-order valence-electron chi connectivity index (χ0n) is 11.7. The molecule has 0 saturated carbocycles. The van der Waals surface area contributed by atoms with E-state index in [9.17, 15) is 8.78 Å². The number of hydrogen-bond donors (Lipinski definition) is 0. The van der Waals surface area contributed by atoms with Gasteiger partial charge in [0.25, 0.3) is 0 Å². The fourth-order valence-electron chi connectivity index (χ4n) is 1.92. The van der Waals surface area contributed by atoms with Gasteiger partial charge in [0.15, 0.2) is 11.6 Å². The number of rotatable bonds is 4. The quantitative estimate of drug-likeness (QED) is 0.426. The van der Waals surface area contributed by atoms with Crippen molar-refractivity contribution in [1.82, 2.24) is 0 Å². The third kappa shape index (κ3) is 4.57. The van der Waals surface area contributed by atoms with Crippen LogP contribution in [0.1, 0.15) is 29.5 Å². The summed E-state index contributed by atoms with van der Waals surface area (Å²) >= 11 is 0. The third-order valence-electron chi connectivity index (χ3n) is 3.10. The van der Waals surface area contributed by atoms with Crippen molar-refractivity contribution in [2.24, 2.45) is 0 Å². The van der Waals surface area contributed by atoms with Crippen LogP contribution in [-0.4, -0.2) is 0 Å². The van der Waals surface area contributed by atoms with E-state index in [2.05, 4.69) is 18.4 Å². The van der Waals surface area contributed by atoms with Crippen LogP contribution in [0.3, 0.4) is 0 Å². The summed E-state index contributed by atoms with van der Waals surface area (Å²) in [6, 6.07) is 11.6. The maximum absolute atomic E-state index is 13.1. The molecule has 0 aliphatic rings. The molecule has 0 radical (unpaired) electrons. The highest BCUT2D eigenvalue weighted by molar-refractivity contribution is 5.43. The van der Waals surface area contributed by atoms with E-state index in [0.717, 1.165) is 37.0 Å². The highest BCUT2D eigenvalue weighted by Gasteiger charge is 2.00. The molecule has 0 N–H and O–H groups in total. The Kier molecular flexibility index (Phi) is 5.29. The van der Waals surface area contributed by atoms with E-state index in [0.29, 0.717) is 5.56 Å². The molecule has 0 unspecified atom stereocenters. The van der Waals surface area contributed by atoms with Crippen LogP contribution in [0.4, 0.5) is 8.78 Å². The molecule has 2 heteroatoms. The minimum atomic E-state index is -0.876. The van der Waals surface area contributed by atoms with Gasteiger partial charge in [0.05, 0.1) is 0 Å². The first-order chi connectivity index (χ1) is 10.2. The number of benzene rings is 2. The van der Waals surface area contributed by atoms with Crippen molar-refractivity contribution in [1.29, 1.82) is 0 Å². The molecule has 0 fully saturated rings. The number of halogens is 2. The molecule has 0 nitrogen and oxygen atoms in total. The number of hydrogen-bond acceptors (Lipinski definition) is 0. The summed E-state index contributed by atoms with van der Waals surface area (Å²) in [6.45, 7) is 3.70. The molecular formula is C19H16F2. The molecule has 0 atom stereocenters. The largest absolute Gasteiger partial charge is 0.204 e. The predicted molar refractivity (Wildman–Crippen MR) is 81.9 cm³/mol. The number of unbranched alkanes of at least 4 members (excludes halogenated alkanes) is 1. The van der Waals surface area contributed by atoms with Gasteiger partial charge in [0.2, 0.25) is 0 Å². The molecule has 0 bridgehead atoms. The maximum Gasteiger partial charge on any atom is 0.160 e. The molecule has 0 aliphatic heterocycles. The summed E-state index contributed by atoms with van der Waals surface area (Å²) in [6.07, 6.45) is 5.03. The van der Waals surface area contributed by atoms with E-state index in [-0.39, 0.29) is 0 Å². The zero-order valence-corrected chi connectivity index (χ0v) is 11.7. The lowest BCUT2D eigenvalue weighted by molar-refractivity contribution is 0.508. The van der Waals surface area contributed by atoms with Gasteiger partial charge in [-0.3, -0.25) is 0 Å². The Balaban J connectivity index is 2.04.